The Labute approximate surface area is 202 Å². The van der Waals surface area contributed by atoms with Crippen LogP contribution in [0.2, 0.25) is 5.02 Å². The van der Waals surface area contributed by atoms with Crippen LogP contribution in [0, 0.1) is 18.8 Å². The molecule has 1 aliphatic rings. The number of rotatable bonds is 8. The maximum atomic E-state index is 12.9. The third-order valence-electron chi connectivity index (χ3n) is 5.66. The standard InChI is InChI=1S/C25H27ClN2O4S/c1-3-22(24(30)28-21-13-7-12-20(26)15(21)2)33-17-9-6-8-16(14-17)27-23(29)18-10-4-5-11-19(18)25(31)32/h4-9,12-14,18-19,22H,3,10-11H2,1-2H3,(H,27,29)(H,28,30)(H,31,32). The van der Waals surface area contributed by atoms with Crippen molar-refractivity contribution in [3.8, 4) is 0 Å². The number of hydrogen-bond donors (Lipinski definition) is 3. The number of thioether (sulfide) groups is 1. The lowest BCUT2D eigenvalue weighted by atomic mass is 9.82. The van der Waals surface area contributed by atoms with E-state index < -0.39 is 17.8 Å². The van der Waals surface area contributed by atoms with Gasteiger partial charge in [-0.3, -0.25) is 14.4 Å². The van der Waals surface area contributed by atoms with Crippen LogP contribution in [-0.4, -0.2) is 28.1 Å². The van der Waals surface area contributed by atoms with E-state index in [9.17, 15) is 19.5 Å². The molecule has 6 nitrogen and oxygen atoms in total. The van der Waals surface area contributed by atoms with Gasteiger partial charge < -0.3 is 15.7 Å². The van der Waals surface area contributed by atoms with Gasteiger partial charge in [-0.15, -0.1) is 11.8 Å². The predicted molar refractivity (Wildman–Crippen MR) is 133 cm³/mol. The Hall–Kier alpha value is -2.77. The monoisotopic (exact) mass is 486 g/mol. The van der Waals surface area contributed by atoms with Gasteiger partial charge in [0.05, 0.1) is 17.1 Å². The molecule has 0 radical (unpaired) electrons. The third-order valence-corrected chi connectivity index (χ3v) is 7.42. The minimum absolute atomic E-state index is 0.124. The summed E-state index contributed by atoms with van der Waals surface area (Å²) in [4.78, 5) is 38.0. The number of carboxylic acids is 1. The van der Waals surface area contributed by atoms with E-state index in [1.165, 1.54) is 11.8 Å². The van der Waals surface area contributed by atoms with Gasteiger partial charge in [-0.1, -0.05) is 42.8 Å². The predicted octanol–water partition coefficient (Wildman–Crippen LogP) is 5.76. The van der Waals surface area contributed by atoms with Gasteiger partial charge in [-0.25, -0.2) is 0 Å². The van der Waals surface area contributed by atoms with Gasteiger partial charge >= 0.3 is 5.97 Å². The topological polar surface area (TPSA) is 95.5 Å². The molecular formula is C25H27ClN2O4S. The molecule has 0 fully saturated rings. The fraction of sp³-hybridized carbons (Fsp3) is 0.320. The lowest BCUT2D eigenvalue weighted by Gasteiger charge is -2.24. The molecule has 3 atom stereocenters. The van der Waals surface area contributed by atoms with Crippen LogP contribution in [0.1, 0.15) is 31.7 Å². The van der Waals surface area contributed by atoms with Crippen molar-refractivity contribution in [1.82, 2.24) is 0 Å². The zero-order valence-corrected chi connectivity index (χ0v) is 20.1. The summed E-state index contributed by atoms with van der Waals surface area (Å²) < 4.78 is 0. The summed E-state index contributed by atoms with van der Waals surface area (Å²) in [6.45, 7) is 3.80. The number of halogens is 1. The number of allylic oxidation sites excluding steroid dienone is 2. The highest BCUT2D eigenvalue weighted by molar-refractivity contribution is 8.00. The minimum atomic E-state index is -0.962. The van der Waals surface area contributed by atoms with Crippen LogP contribution in [0.5, 0.6) is 0 Å². The lowest BCUT2D eigenvalue weighted by Crippen LogP contribution is -2.34. The highest BCUT2D eigenvalue weighted by Gasteiger charge is 2.34. The first-order valence-corrected chi connectivity index (χ1v) is 12.1. The van der Waals surface area contributed by atoms with Gasteiger partial charge in [0.25, 0.3) is 0 Å². The lowest BCUT2D eigenvalue weighted by molar-refractivity contribution is -0.146. The number of anilines is 2. The van der Waals surface area contributed by atoms with E-state index in [1.807, 2.05) is 32.1 Å². The minimum Gasteiger partial charge on any atom is -0.481 e. The van der Waals surface area contributed by atoms with Crippen LogP contribution < -0.4 is 10.6 Å². The fourth-order valence-electron chi connectivity index (χ4n) is 3.70. The molecule has 0 bridgehead atoms. The Balaban J connectivity index is 1.67. The smallest absolute Gasteiger partial charge is 0.307 e. The van der Waals surface area contributed by atoms with Crippen molar-refractivity contribution >= 4 is 52.5 Å². The SMILES string of the molecule is CCC(Sc1cccc(NC(=O)C2CC=CCC2C(=O)O)c1)C(=O)Nc1cccc(Cl)c1C. The molecule has 174 valence electrons. The van der Waals surface area contributed by atoms with Crippen LogP contribution in [-0.2, 0) is 14.4 Å². The number of carboxylic acid groups (broad SMARTS) is 1. The molecule has 3 rings (SSSR count). The zero-order chi connectivity index (χ0) is 24.0. The van der Waals surface area contributed by atoms with Gasteiger partial charge in [0, 0.05) is 21.3 Å². The summed E-state index contributed by atoms with van der Waals surface area (Å²) in [6.07, 6.45) is 5.02. The van der Waals surface area contributed by atoms with Crippen LogP contribution in [0.25, 0.3) is 0 Å². The Morgan fingerprint density at radius 3 is 2.48 bits per heavy atom. The number of carbonyl (C=O) groups is 3. The summed E-state index contributed by atoms with van der Waals surface area (Å²) in [5.74, 6) is -2.74. The van der Waals surface area contributed by atoms with Crippen molar-refractivity contribution in [2.45, 2.75) is 43.3 Å². The number of nitrogens with one attached hydrogen (secondary N) is 2. The van der Waals surface area contributed by atoms with E-state index in [1.54, 1.807) is 36.4 Å². The molecule has 2 amide bonds. The highest BCUT2D eigenvalue weighted by Crippen LogP contribution is 2.31. The van der Waals surface area contributed by atoms with Gasteiger partial charge in [0.2, 0.25) is 11.8 Å². The summed E-state index contributed by atoms with van der Waals surface area (Å²) in [5.41, 5.74) is 2.07. The zero-order valence-electron chi connectivity index (χ0n) is 18.5. The first-order valence-electron chi connectivity index (χ1n) is 10.8. The number of hydrogen-bond acceptors (Lipinski definition) is 4. The maximum absolute atomic E-state index is 12.9. The normalized spacial score (nSPS) is 18.4. The fourth-order valence-corrected chi connectivity index (χ4v) is 4.89. The van der Waals surface area contributed by atoms with Crippen LogP contribution in [0.4, 0.5) is 11.4 Å². The van der Waals surface area contributed by atoms with Crippen LogP contribution in [0.15, 0.2) is 59.5 Å². The second-order valence-corrected chi connectivity index (χ2v) is 9.61. The molecule has 0 spiro atoms. The second kappa shape index (κ2) is 11.4. The first-order chi connectivity index (χ1) is 15.8. The molecule has 1 aliphatic carbocycles. The summed E-state index contributed by atoms with van der Waals surface area (Å²) >= 11 is 7.56. The molecule has 0 heterocycles. The number of carbonyl (C=O) groups excluding carboxylic acids is 2. The molecule has 3 unspecified atom stereocenters. The number of amides is 2. The van der Waals surface area contributed by atoms with Crippen molar-refractivity contribution in [3.63, 3.8) is 0 Å². The van der Waals surface area contributed by atoms with Crippen molar-refractivity contribution in [2.24, 2.45) is 11.8 Å². The average molecular weight is 487 g/mol. The molecule has 0 saturated carbocycles. The molecule has 2 aromatic rings. The first kappa shape index (κ1) is 24.9. The molecular weight excluding hydrogens is 460 g/mol. The molecule has 3 N–H and O–H groups in total. The van der Waals surface area contributed by atoms with E-state index in [0.717, 1.165) is 10.5 Å². The van der Waals surface area contributed by atoms with E-state index >= 15 is 0 Å². The molecule has 0 aromatic heterocycles. The third kappa shape index (κ3) is 6.39. The summed E-state index contributed by atoms with van der Waals surface area (Å²) in [7, 11) is 0. The second-order valence-electron chi connectivity index (χ2n) is 7.93. The van der Waals surface area contributed by atoms with Gasteiger partial charge in [-0.2, -0.15) is 0 Å². The quantitative estimate of drug-likeness (QED) is 0.325. The Morgan fingerprint density at radius 1 is 1.09 bits per heavy atom. The molecule has 8 heteroatoms. The Morgan fingerprint density at radius 2 is 1.79 bits per heavy atom. The Bertz CT molecular complexity index is 1070. The van der Waals surface area contributed by atoms with Crippen LogP contribution in [0.3, 0.4) is 0 Å². The van der Waals surface area contributed by atoms with Gasteiger partial charge in [-0.05, 0) is 62.1 Å². The van der Waals surface area contributed by atoms with E-state index in [0.29, 0.717) is 35.7 Å². The molecule has 2 aromatic carbocycles. The van der Waals surface area contributed by atoms with Gasteiger partial charge in [0.15, 0.2) is 0 Å². The highest BCUT2D eigenvalue weighted by atomic mass is 35.5. The van der Waals surface area contributed by atoms with E-state index in [-0.39, 0.29) is 17.1 Å². The van der Waals surface area contributed by atoms with Crippen molar-refractivity contribution in [2.75, 3.05) is 10.6 Å². The van der Waals surface area contributed by atoms with Gasteiger partial charge in [0.1, 0.15) is 0 Å². The molecule has 33 heavy (non-hydrogen) atoms. The largest absolute Gasteiger partial charge is 0.481 e. The maximum Gasteiger partial charge on any atom is 0.307 e. The van der Waals surface area contributed by atoms with Crippen LogP contribution >= 0.6 is 23.4 Å². The Kier molecular flexibility index (Phi) is 8.58. The summed E-state index contributed by atoms with van der Waals surface area (Å²) in [6, 6.07) is 12.6. The van der Waals surface area contributed by atoms with Crippen molar-refractivity contribution < 1.29 is 19.5 Å². The number of aliphatic carboxylic acids is 1. The molecule has 0 saturated heterocycles. The van der Waals surface area contributed by atoms with Crippen molar-refractivity contribution in [3.05, 3.63) is 65.2 Å². The molecule has 0 aliphatic heterocycles. The average Bonchev–Trinajstić information content (AvgIpc) is 2.80. The van der Waals surface area contributed by atoms with E-state index in [2.05, 4.69) is 10.6 Å². The summed E-state index contributed by atoms with van der Waals surface area (Å²) in [5, 5.41) is 15.5. The number of benzene rings is 2. The van der Waals surface area contributed by atoms with E-state index in [4.69, 9.17) is 11.6 Å². The van der Waals surface area contributed by atoms with Crippen molar-refractivity contribution in [1.29, 1.82) is 0 Å².